The van der Waals surface area contributed by atoms with Gasteiger partial charge in [0.05, 0.1) is 16.7 Å². The van der Waals surface area contributed by atoms with Crippen LogP contribution in [0.2, 0.25) is 0 Å². The third-order valence-electron chi connectivity index (χ3n) is 10.3. The minimum absolute atomic E-state index is 0.0256. The Kier molecular flexibility index (Phi) is 5.14. The molecule has 10 rings (SSSR count). The van der Waals surface area contributed by atoms with E-state index in [1.54, 1.807) is 0 Å². The third-order valence-corrected chi connectivity index (χ3v) is 11.4. The molecule has 1 aromatic heterocycles. The highest BCUT2D eigenvalue weighted by molar-refractivity contribution is 7.26. The van der Waals surface area contributed by atoms with Gasteiger partial charge in [-0.3, -0.25) is 0 Å². The maximum Gasteiger partial charge on any atom is 0.0645 e. The topological polar surface area (TPSA) is 3.24 Å². The summed E-state index contributed by atoms with van der Waals surface area (Å²) in [5.74, 6) is 0. The van der Waals surface area contributed by atoms with Crippen LogP contribution in [0.5, 0.6) is 0 Å². The van der Waals surface area contributed by atoms with Crippen molar-refractivity contribution in [2.24, 2.45) is 0 Å². The van der Waals surface area contributed by atoms with Crippen molar-refractivity contribution >= 4 is 59.3 Å². The summed E-state index contributed by atoms with van der Waals surface area (Å²) in [4.78, 5) is 1.97. The van der Waals surface area contributed by atoms with Crippen LogP contribution in [0.4, 0.5) is 17.1 Å². The smallest absolute Gasteiger partial charge is 0.0645 e. The number of hydrogen-bond donors (Lipinski definition) is 0. The monoisotopic (exact) mass is 677 g/mol. The van der Waals surface area contributed by atoms with Crippen LogP contribution >= 0.6 is 11.3 Å². The molecule has 0 fully saturated rings. The van der Waals surface area contributed by atoms with Gasteiger partial charge in [-0.2, -0.15) is 0 Å². The molecule has 51 heavy (non-hydrogen) atoms. The lowest BCUT2D eigenvalue weighted by Crippen LogP contribution is -2.16. The molecule has 0 aliphatic heterocycles. The van der Waals surface area contributed by atoms with Crippen LogP contribution in [0.1, 0.15) is 35.9 Å². The molecular weight excluding hydrogens is 635 g/mol. The predicted octanol–water partition coefficient (Wildman–Crippen LogP) is 14.3. The standard InChI is InChI=1S/C49H35NS/c1-49(2)43-21-12-11-19-38(43)39-29-28-36(30-44(39)49)50(35-26-24-33(25-27-35)32-14-5-3-6-15-32)45-22-13-23-46-47(45)42-31-41(34-16-7-4-8-17-34)37-18-9-10-20-40(37)48(42)51-46/h3-31H,1-2H3/i9D,10D,13D,18D,20D,22D,23D,31D. The molecule has 0 unspecified atom stereocenters. The summed E-state index contributed by atoms with van der Waals surface area (Å²) in [7, 11) is 0. The van der Waals surface area contributed by atoms with Crippen molar-refractivity contribution in [1.29, 1.82) is 0 Å². The average Bonchev–Trinajstić information content (AvgIpc) is 3.76. The Balaban J connectivity index is 1.35. The van der Waals surface area contributed by atoms with Crippen molar-refractivity contribution in [3.05, 3.63) is 187 Å². The van der Waals surface area contributed by atoms with Crippen LogP contribution in [0.3, 0.4) is 0 Å². The molecule has 0 saturated heterocycles. The fourth-order valence-electron chi connectivity index (χ4n) is 7.77. The molecular formula is C49H35NS. The molecule has 0 amide bonds. The Morgan fingerprint density at radius 2 is 1.18 bits per heavy atom. The minimum atomic E-state index is -0.395. The van der Waals surface area contributed by atoms with Gasteiger partial charge in [0.2, 0.25) is 0 Å². The molecule has 1 nitrogen and oxygen atoms in total. The van der Waals surface area contributed by atoms with Gasteiger partial charge in [0.1, 0.15) is 0 Å². The van der Waals surface area contributed by atoms with E-state index in [4.69, 9.17) is 4.11 Å². The Hall–Kier alpha value is -5.96. The highest BCUT2D eigenvalue weighted by atomic mass is 32.1. The van der Waals surface area contributed by atoms with Crippen LogP contribution < -0.4 is 4.90 Å². The predicted molar refractivity (Wildman–Crippen MR) is 220 cm³/mol. The minimum Gasteiger partial charge on any atom is -0.310 e. The first kappa shape index (κ1) is 22.7. The van der Waals surface area contributed by atoms with Crippen LogP contribution in [0.25, 0.3) is 64.3 Å². The van der Waals surface area contributed by atoms with Crippen LogP contribution in [-0.4, -0.2) is 0 Å². The van der Waals surface area contributed by atoms with Gasteiger partial charge in [0, 0.05) is 42.3 Å². The molecule has 0 spiro atoms. The molecule has 8 aromatic carbocycles. The molecule has 1 aliphatic rings. The first-order chi connectivity index (χ1) is 28.4. The molecule has 0 saturated carbocycles. The van der Waals surface area contributed by atoms with E-state index in [-0.39, 0.29) is 52.4 Å². The average molecular weight is 678 g/mol. The highest BCUT2D eigenvalue weighted by Crippen LogP contribution is 2.52. The lowest BCUT2D eigenvalue weighted by molar-refractivity contribution is 0.660. The van der Waals surface area contributed by atoms with E-state index in [9.17, 15) is 6.85 Å². The van der Waals surface area contributed by atoms with Crippen molar-refractivity contribution in [3.8, 4) is 33.4 Å². The lowest BCUT2D eigenvalue weighted by atomic mass is 9.82. The van der Waals surface area contributed by atoms with Gasteiger partial charge in [-0.25, -0.2) is 0 Å². The molecule has 0 N–H and O–H groups in total. The Labute approximate surface area is 313 Å². The molecule has 242 valence electrons. The molecule has 0 radical (unpaired) electrons. The van der Waals surface area contributed by atoms with Crippen molar-refractivity contribution < 1.29 is 11.0 Å². The zero-order valence-corrected chi connectivity index (χ0v) is 28.8. The Bertz CT molecular complexity index is 3210. The molecule has 0 atom stereocenters. The molecule has 1 aliphatic carbocycles. The second-order valence-electron chi connectivity index (χ2n) is 13.5. The second kappa shape index (κ2) is 11.6. The Morgan fingerprint density at radius 1 is 0.529 bits per heavy atom. The molecule has 0 bridgehead atoms. The van der Waals surface area contributed by atoms with E-state index in [1.807, 2.05) is 89.8 Å². The van der Waals surface area contributed by atoms with Crippen LogP contribution in [0, 0.1) is 0 Å². The first-order valence-electron chi connectivity index (χ1n) is 21.0. The number of thiophene rings is 1. The van der Waals surface area contributed by atoms with E-state index in [0.717, 1.165) is 39.3 Å². The maximum absolute atomic E-state index is 10.0. The molecule has 1 heterocycles. The van der Waals surface area contributed by atoms with Gasteiger partial charge in [0.15, 0.2) is 0 Å². The number of nitrogens with zero attached hydrogens (tertiary/aromatic N) is 1. The van der Waals surface area contributed by atoms with Crippen molar-refractivity contribution in [2.45, 2.75) is 19.3 Å². The van der Waals surface area contributed by atoms with E-state index in [2.05, 4.69) is 56.3 Å². The van der Waals surface area contributed by atoms with E-state index in [0.29, 0.717) is 42.7 Å². The number of rotatable bonds is 5. The number of hydrogen-bond acceptors (Lipinski definition) is 2. The van der Waals surface area contributed by atoms with Gasteiger partial charge < -0.3 is 4.90 Å². The summed E-state index contributed by atoms with van der Waals surface area (Å²) in [6.07, 6.45) is 0. The van der Waals surface area contributed by atoms with Crippen LogP contribution in [-0.2, 0) is 5.41 Å². The normalized spacial score (nSPS) is 15.3. The van der Waals surface area contributed by atoms with Gasteiger partial charge in [-0.05, 0) is 92.3 Å². The second-order valence-corrected chi connectivity index (χ2v) is 14.5. The summed E-state index contributed by atoms with van der Waals surface area (Å²) >= 11 is 1.14. The van der Waals surface area contributed by atoms with Gasteiger partial charge in [0.25, 0.3) is 0 Å². The van der Waals surface area contributed by atoms with Gasteiger partial charge in [-0.1, -0.05) is 147 Å². The SMILES string of the molecule is [2H]c1c([2H])c(N(c2ccc(-c3ccccc3)cc2)c2ccc3c(c2)C(C)(C)c2ccccc2-3)c2c(sc3c4c([2H])c([2H])c([2H])c([2H])c4c(-c4ccccc4)c([2H])c32)c1[2H]. The zero-order chi connectivity index (χ0) is 41.1. The largest absolute Gasteiger partial charge is 0.310 e. The van der Waals surface area contributed by atoms with Gasteiger partial charge in [-0.15, -0.1) is 11.3 Å². The lowest BCUT2D eigenvalue weighted by Gasteiger charge is -2.29. The van der Waals surface area contributed by atoms with E-state index >= 15 is 0 Å². The van der Waals surface area contributed by atoms with E-state index < -0.39 is 12.1 Å². The Morgan fingerprint density at radius 3 is 1.96 bits per heavy atom. The van der Waals surface area contributed by atoms with Crippen molar-refractivity contribution in [2.75, 3.05) is 4.90 Å². The fraction of sp³-hybridized carbons (Fsp3) is 0.0612. The number of anilines is 3. The summed E-state index contributed by atoms with van der Waals surface area (Å²) in [6.45, 7) is 4.42. The van der Waals surface area contributed by atoms with Crippen molar-refractivity contribution in [1.82, 2.24) is 0 Å². The zero-order valence-electron chi connectivity index (χ0n) is 36.0. The first-order valence-corrected chi connectivity index (χ1v) is 17.9. The quantitative estimate of drug-likeness (QED) is 0.175. The number of fused-ring (bicyclic) bond motifs is 8. The van der Waals surface area contributed by atoms with E-state index in [1.165, 1.54) is 11.1 Å². The van der Waals surface area contributed by atoms with Crippen LogP contribution in [0.15, 0.2) is 176 Å². The summed E-state index contributed by atoms with van der Waals surface area (Å²) < 4.78 is 74.8. The van der Waals surface area contributed by atoms with Gasteiger partial charge >= 0.3 is 0 Å². The fourth-order valence-corrected chi connectivity index (χ4v) is 8.89. The molecule has 9 aromatic rings. The summed E-state index contributed by atoms with van der Waals surface area (Å²) in [5, 5.41) is 1.27. The summed E-state index contributed by atoms with van der Waals surface area (Å²) in [5.41, 5.74) is 9.04. The third kappa shape index (κ3) is 4.67. The summed E-state index contributed by atoms with van der Waals surface area (Å²) in [6, 6.07) is 40.1. The number of benzene rings is 8. The van der Waals surface area contributed by atoms with Crippen molar-refractivity contribution in [3.63, 3.8) is 0 Å². The molecule has 2 heteroatoms. The maximum atomic E-state index is 10.0. The highest BCUT2D eigenvalue weighted by Gasteiger charge is 2.36.